The number of benzene rings is 1. The molecule has 2 nitrogen and oxygen atoms in total. The highest BCUT2D eigenvalue weighted by molar-refractivity contribution is 5.95. The third-order valence-electron chi connectivity index (χ3n) is 2.44. The van der Waals surface area contributed by atoms with Crippen LogP contribution in [0, 0.1) is 6.92 Å². The molecule has 0 amide bonds. The second-order valence-electron chi connectivity index (χ2n) is 3.80. The van der Waals surface area contributed by atoms with E-state index in [1.165, 1.54) is 5.56 Å². The monoisotopic (exact) mass is 211 g/mol. The summed E-state index contributed by atoms with van der Waals surface area (Å²) in [7, 11) is 0. The van der Waals surface area contributed by atoms with Crippen molar-refractivity contribution in [1.29, 1.82) is 0 Å². The minimum atomic E-state index is 0.0597. The van der Waals surface area contributed by atoms with E-state index >= 15 is 0 Å². The first-order chi connectivity index (χ1) is 7.75. The summed E-state index contributed by atoms with van der Waals surface area (Å²) in [5, 5.41) is 0. The first-order valence-electron chi connectivity index (χ1n) is 5.25. The lowest BCUT2D eigenvalue weighted by Gasteiger charge is -2.01. The van der Waals surface area contributed by atoms with E-state index in [0.29, 0.717) is 12.1 Å². The maximum absolute atomic E-state index is 11.8. The van der Waals surface area contributed by atoms with E-state index in [1.54, 1.807) is 12.3 Å². The first-order valence-corrected chi connectivity index (χ1v) is 5.25. The maximum Gasteiger partial charge on any atom is 0.185 e. The molecule has 2 heteroatoms. The minimum absolute atomic E-state index is 0.0597. The Labute approximate surface area is 95.0 Å². The molecule has 0 aliphatic carbocycles. The molecular weight excluding hydrogens is 198 g/mol. The van der Waals surface area contributed by atoms with Gasteiger partial charge in [-0.15, -0.1) is 0 Å². The van der Waals surface area contributed by atoms with Gasteiger partial charge in [0.15, 0.2) is 5.78 Å². The second kappa shape index (κ2) is 4.71. The van der Waals surface area contributed by atoms with Crippen LogP contribution in [-0.2, 0) is 6.42 Å². The minimum Gasteiger partial charge on any atom is -0.292 e. The summed E-state index contributed by atoms with van der Waals surface area (Å²) in [5.74, 6) is 0.0597. The lowest BCUT2D eigenvalue weighted by molar-refractivity contribution is 0.0988. The Morgan fingerprint density at radius 3 is 2.50 bits per heavy atom. The molecule has 80 valence electrons. The van der Waals surface area contributed by atoms with Gasteiger partial charge in [0.05, 0.1) is 0 Å². The van der Waals surface area contributed by atoms with E-state index in [0.717, 1.165) is 5.56 Å². The summed E-state index contributed by atoms with van der Waals surface area (Å²) in [6.45, 7) is 2.03. The highest BCUT2D eigenvalue weighted by atomic mass is 16.1. The average Bonchev–Trinajstić information content (AvgIpc) is 2.33. The van der Waals surface area contributed by atoms with Crippen LogP contribution in [0.25, 0.3) is 0 Å². The van der Waals surface area contributed by atoms with E-state index < -0.39 is 0 Å². The van der Waals surface area contributed by atoms with E-state index in [2.05, 4.69) is 4.98 Å². The Bertz CT molecular complexity index is 474. The fourth-order valence-electron chi connectivity index (χ4n) is 1.51. The number of aryl methyl sites for hydroxylation is 1. The van der Waals surface area contributed by atoms with E-state index in [9.17, 15) is 4.79 Å². The van der Waals surface area contributed by atoms with Crippen molar-refractivity contribution in [3.63, 3.8) is 0 Å². The van der Waals surface area contributed by atoms with Gasteiger partial charge < -0.3 is 0 Å². The zero-order chi connectivity index (χ0) is 11.4. The van der Waals surface area contributed by atoms with Crippen LogP contribution in [0.1, 0.15) is 21.6 Å². The number of pyridine rings is 1. The van der Waals surface area contributed by atoms with Crippen molar-refractivity contribution in [2.24, 2.45) is 0 Å². The number of carbonyl (C=O) groups excluding carboxylic acids is 1. The van der Waals surface area contributed by atoms with Crippen molar-refractivity contribution in [3.05, 3.63) is 65.5 Å². The van der Waals surface area contributed by atoms with Crippen LogP contribution in [0.2, 0.25) is 0 Å². The Balaban J connectivity index is 2.11. The number of hydrogen-bond donors (Lipinski definition) is 0. The molecule has 0 bridgehead atoms. The fraction of sp³-hybridized carbons (Fsp3) is 0.143. The van der Waals surface area contributed by atoms with E-state index in [-0.39, 0.29) is 5.78 Å². The molecule has 0 fully saturated rings. The van der Waals surface area contributed by atoms with E-state index in [4.69, 9.17) is 0 Å². The van der Waals surface area contributed by atoms with Crippen LogP contribution >= 0.6 is 0 Å². The van der Waals surface area contributed by atoms with Gasteiger partial charge in [-0.05, 0) is 24.6 Å². The molecule has 0 saturated heterocycles. The molecule has 1 aromatic heterocycles. The molecule has 0 spiro atoms. The van der Waals surface area contributed by atoms with Gasteiger partial charge in [-0.3, -0.25) is 9.78 Å². The van der Waals surface area contributed by atoms with Crippen molar-refractivity contribution in [2.75, 3.05) is 0 Å². The summed E-state index contributed by atoms with van der Waals surface area (Å²) < 4.78 is 0. The van der Waals surface area contributed by atoms with Gasteiger partial charge in [0.25, 0.3) is 0 Å². The largest absolute Gasteiger partial charge is 0.292 e. The summed E-state index contributed by atoms with van der Waals surface area (Å²) in [4.78, 5) is 15.9. The quantitative estimate of drug-likeness (QED) is 0.731. The van der Waals surface area contributed by atoms with Crippen molar-refractivity contribution in [1.82, 2.24) is 4.98 Å². The third kappa shape index (κ3) is 2.54. The van der Waals surface area contributed by atoms with Gasteiger partial charge in [0.2, 0.25) is 0 Å². The zero-order valence-electron chi connectivity index (χ0n) is 9.18. The average molecular weight is 211 g/mol. The number of nitrogens with zero attached hydrogens (tertiary/aromatic N) is 1. The molecule has 2 aromatic rings. The van der Waals surface area contributed by atoms with E-state index in [1.807, 2.05) is 43.3 Å². The van der Waals surface area contributed by atoms with Gasteiger partial charge >= 0.3 is 0 Å². The Morgan fingerprint density at radius 1 is 1.12 bits per heavy atom. The molecule has 0 unspecified atom stereocenters. The molecule has 0 atom stereocenters. The molecule has 2 rings (SSSR count). The van der Waals surface area contributed by atoms with Crippen molar-refractivity contribution in [2.45, 2.75) is 13.3 Å². The lowest BCUT2D eigenvalue weighted by atomic mass is 10.1. The summed E-state index contributed by atoms with van der Waals surface area (Å²) in [6.07, 6.45) is 2.06. The van der Waals surface area contributed by atoms with Gasteiger partial charge in [0, 0.05) is 12.6 Å². The van der Waals surface area contributed by atoms with Crippen LogP contribution in [-0.4, -0.2) is 10.8 Å². The maximum atomic E-state index is 11.8. The Hall–Kier alpha value is -1.96. The number of ketones is 1. The predicted octanol–water partition coefficient (Wildman–Crippen LogP) is 2.82. The molecule has 0 radical (unpaired) electrons. The Morgan fingerprint density at radius 2 is 1.88 bits per heavy atom. The highest BCUT2D eigenvalue weighted by Gasteiger charge is 2.07. The van der Waals surface area contributed by atoms with Crippen LogP contribution in [0.15, 0.2) is 48.7 Å². The molecule has 16 heavy (non-hydrogen) atoms. The molecular formula is C14H13NO. The number of aromatic nitrogens is 1. The second-order valence-corrected chi connectivity index (χ2v) is 3.80. The third-order valence-corrected chi connectivity index (χ3v) is 2.44. The molecule has 0 N–H and O–H groups in total. The van der Waals surface area contributed by atoms with Crippen LogP contribution in [0.3, 0.4) is 0 Å². The standard InChI is InChI=1S/C14H13NO/c1-11-5-7-12(8-6-11)10-14(16)13-4-2-3-9-15-13/h2-9H,10H2,1H3. The van der Waals surface area contributed by atoms with Crippen molar-refractivity contribution < 1.29 is 4.79 Å². The van der Waals surface area contributed by atoms with Gasteiger partial charge in [0.1, 0.15) is 5.69 Å². The smallest absolute Gasteiger partial charge is 0.185 e. The summed E-state index contributed by atoms with van der Waals surface area (Å²) in [6, 6.07) is 13.4. The van der Waals surface area contributed by atoms with Crippen LogP contribution < -0.4 is 0 Å². The summed E-state index contributed by atoms with van der Waals surface area (Å²) in [5.41, 5.74) is 2.76. The number of carbonyl (C=O) groups is 1. The van der Waals surface area contributed by atoms with Gasteiger partial charge in [-0.2, -0.15) is 0 Å². The lowest BCUT2D eigenvalue weighted by Crippen LogP contribution is -2.05. The summed E-state index contributed by atoms with van der Waals surface area (Å²) >= 11 is 0. The topological polar surface area (TPSA) is 30.0 Å². The van der Waals surface area contributed by atoms with Gasteiger partial charge in [-0.25, -0.2) is 0 Å². The molecule has 0 aliphatic heterocycles. The number of hydrogen-bond acceptors (Lipinski definition) is 2. The Kier molecular flexibility index (Phi) is 3.10. The predicted molar refractivity (Wildman–Crippen MR) is 63.5 cm³/mol. The molecule has 1 aromatic carbocycles. The highest BCUT2D eigenvalue weighted by Crippen LogP contribution is 2.07. The normalized spacial score (nSPS) is 10.1. The van der Waals surface area contributed by atoms with Crippen LogP contribution in [0.5, 0.6) is 0 Å². The molecule has 1 heterocycles. The first kappa shape index (κ1) is 10.6. The number of rotatable bonds is 3. The van der Waals surface area contributed by atoms with Crippen molar-refractivity contribution in [3.8, 4) is 0 Å². The van der Waals surface area contributed by atoms with Crippen LogP contribution in [0.4, 0.5) is 0 Å². The number of Topliss-reactive ketones (excluding diaryl/α,β-unsaturated/α-hetero) is 1. The zero-order valence-corrected chi connectivity index (χ0v) is 9.18. The molecule has 0 aliphatic rings. The SMILES string of the molecule is Cc1ccc(CC(=O)c2ccccn2)cc1. The molecule has 0 saturated carbocycles. The van der Waals surface area contributed by atoms with Gasteiger partial charge in [-0.1, -0.05) is 35.9 Å². The fourth-order valence-corrected chi connectivity index (χ4v) is 1.51. The van der Waals surface area contributed by atoms with Crippen molar-refractivity contribution >= 4 is 5.78 Å².